The van der Waals surface area contributed by atoms with Gasteiger partial charge in [0.05, 0.1) is 0 Å². The molecule has 3 rings (SSSR count). The Morgan fingerprint density at radius 3 is 2.84 bits per heavy atom. The Hall–Kier alpha value is -1.55. The number of carbonyl (C=O) groups is 1. The predicted octanol–water partition coefficient (Wildman–Crippen LogP) is 2.28. The van der Waals surface area contributed by atoms with Gasteiger partial charge in [-0.15, -0.1) is 0 Å². The maximum Gasteiger partial charge on any atom is 0.246 e. The molecule has 0 aromatic heterocycles. The van der Waals surface area contributed by atoms with Gasteiger partial charge in [-0.1, -0.05) is 13.0 Å². The van der Waals surface area contributed by atoms with Gasteiger partial charge in [-0.05, 0) is 38.4 Å². The second kappa shape index (κ2) is 4.85. The summed E-state index contributed by atoms with van der Waals surface area (Å²) < 4.78 is 0. The molecule has 1 aliphatic carbocycles. The van der Waals surface area contributed by atoms with Crippen LogP contribution in [0.25, 0.3) is 0 Å². The molecule has 19 heavy (non-hydrogen) atoms. The molecule has 1 aliphatic heterocycles. The molecule has 1 heterocycles. The van der Waals surface area contributed by atoms with Crippen molar-refractivity contribution in [1.29, 1.82) is 0 Å². The number of likely N-dealkylation sites (N-methyl/N-ethyl adjacent to an activating group) is 1. The van der Waals surface area contributed by atoms with E-state index >= 15 is 0 Å². The van der Waals surface area contributed by atoms with Crippen LogP contribution in [0.1, 0.15) is 37.8 Å². The van der Waals surface area contributed by atoms with Gasteiger partial charge in [0, 0.05) is 29.5 Å². The Balaban J connectivity index is 1.89. The molecule has 102 valence electrons. The molecule has 1 amide bonds. The van der Waals surface area contributed by atoms with Crippen LogP contribution in [-0.4, -0.2) is 25.5 Å². The molecule has 0 saturated heterocycles. The van der Waals surface area contributed by atoms with E-state index in [9.17, 15) is 4.79 Å². The highest BCUT2D eigenvalue weighted by Crippen LogP contribution is 2.37. The molecule has 1 saturated carbocycles. The second-order valence-corrected chi connectivity index (χ2v) is 5.41. The van der Waals surface area contributed by atoms with E-state index in [-0.39, 0.29) is 11.9 Å². The molecular formula is C15H21N3O. The first-order valence-corrected chi connectivity index (χ1v) is 7.13. The van der Waals surface area contributed by atoms with Crippen LogP contribution < -0.4 is 15.5 Å². The Labute approximate surface area is 114 Å². The molecule has 2 N–H and O–H groups in total. The molecule has 4 nitrogen and oxygen atoms in total. The number of benzene rings is 1. The summed E-state index contributed by atoms with van der Waals surface area (Å²) in [6, 6.07) is 6.85. The number of nitrogens with one attached hydrogen (secondary N) is 2. The molecule has 4 heteroatoms. The predicted molar refractivity (Wildman–Crippen MR) is 77.5 cm³/mol. The van der Waals surface area contributed by atoms with Gasteiger partial charge in [0.25, 0.3) is 0 Å². The molecule has 1 aromatic rings. The zero-order valence-electron chi connectivity index (χ0n) is 11.6. The van der Waals surface area contributed by atoms with E-state index in [0.717, 1.165) is 24.2 Å². The van der Waals surface area contributed by atoms with Crippen molar-refractivity contribution in [2.24, 2.45) is 0 Å². The largest absolute Gasteiger partial charge is 0.368 e. The van der Waals surface area contributed by atoms with Gasteiger partial charge < -0.3 is 15.5 Å². The monoisotopic (exact) mass is 259 g/mol. The third-order valence-electron chi connectivity index (χ3n) is 3.94. The summed E-state index contributed by atoms with van der Waals surface area (Å²) in [7, 11) is 1.82. The molecule has 2 aliphatic rings. The summed E-state index contributed by atoms with van der Waals surface area (Å²) in [5.41, 5.74) is 3.26. The Morgan fingerprint density at radius 2 is 2.21 bits per heavy atom. The summed E-state index contributed by atoms with van der Waals surface area (Å²) in [5.74, 6) is 0.0445. The number of carbonyl (C=O) groups excluding carboxylic acids is 1. The van der Waals surface area contributed by atoms with Crippen molar-refractivity contribution < 1.29 is 4.79 Å². The fourth-order valence-corrected chi connectivity index (χ4v) is 2.87. The van der Waals surface area contributed by atoms with Crippen LogP contribution in [0.2, 0.25) is 0 Å². The number of hydrogen-bond acceptors (Lipinski definition) is 3. The number of rotatable bonds is 5. The van der Waals surface area contributed by atoms with Crippen molar-refractivity contribution in [3.05, 3.63) is 23.8 Å². The Morgan fingerprint density at radius 1 is 1.42 bits per heavy atom. The molecule has 0 radical (unpaired) electrons. The van der Waals surface area contributed by atoms with Crippen molar-refractivity contribution in [2.45, 2.75) is 38.3 Å². The topological polar surface area (TPSA) is 44.4 Å². The summed E-state index contributed by atoms with van der Waals surface area (Å²) >= 11 is 0. The first-order valence-electron chi connectivity index (χ1n) is 7.13. The quantitative estimate of drug-likeness (QED) is 0.852. The van der Waals surface area contributed by atoms with E-state index in [1.54, 1.807) is 0 Å². The lowest BCUT2D eigenvalue weighted by Crippen LogP contribution is -2.26. The van der Waals surface area contributed by atoms with Gasteiger partial charge in [0.15, 0.2) is 0 Å². The lowest BCUT2D eigenvalue weighted by atomic mass is 10.1. The van der Waals surface area contributed by atoms with Crippen molar-refractivity contribution in [1.82, 2.24) is 5.32 Å². The van der Waals surface area contributed by atoms with Crippen LogP contribution in [0.4, 0.5) is 11.4 Å². The van der Waals surface area contributed by atoms with Crippen LogP contribution in [-0.2, 0) is 4.79 Å². The first kappa shape index (κ1) is 12.5. The number of anilines is 2. The molecule has 1 fully saturated rings. The standard InChI is InChI=1S/C15H21N3O/c1-3-8-18(10-4-5-10)11-6-7-12-13(9-11)17-15(19)14(12)16-2/h6-7,9-10,14,16H,3-5,8H2,1-2H3,(H,17,19). The summed E-state index contributed by atoms with van der Waals surface area (Å²) in [6.07, 6.45) is 3.74. The minimum absolute atomic E-state index is 0.0445. The third-order valence-corrected chi connectivity index (χ3v) is 3.94. The van der Waals surface area contributed by atoms with Crippen LogP contribution in [0.5, 0.6) is 0 Å². The molecule has 1 atom stereocenters. The SMILES string of the molecule is CCCN(c1ccc2c(c1)NC(=O)C2NC)C1CC1. The number of fused-ring (bicyclic) bond motifs is 1. The average Bonchev–Trinajstić information content (AvgIpc) is 3.18. The van der Waals surface area contributed by atoms with Crippen molar-refractivity contribution in [3.8, 4) is 0 Å². The van der Waals surface area contributed by atoms with Gasteiger partial charge in [-0.2, -0.15) is 0 Å². The highest BCUT2D eigenvalue weighted by atomic mass is 16.2. The van der Waals surface area contributed by atoms with E-state index in [0.29, 0.717) is 6.04 Å². The first-order chi connectivity index (χ1) is 9.24. The van der Waals surface area contributed by atoms with Crippen LogP contribution >= 0.6 is 0 Å². The van der Waals surface area contributed by atoms with Gasteiger partial charge in [0.1, 0.15) is 6.04 Å². The van der Waals surface area contributed by atoms with Crippen LogP contribution in [0.15, 0.2) is 18.2 Å². The maximum atomic E-state index is 11.8. The normalized spacial score (nSPS) is 21.2. The fraction of sp³-hybridized carbons (Fsp3) is 0.533. The van der Waals surface area contributed by atoms with E-state index < -0.39 is 0 Å². The number of hydrogen-bond donors (Lipinski definition) is 2. The van der Waals surface area contributed by atoms with Gasteiger partial charge in [-0.3, -0.25) is 4.79 Å². The smallest absolute Gasteiger partial charge is 0.246 e. The summed E-state index contributed by atoms with van der Waals surface area (Å²) in [5, 5.41) is 6.02. The highest BCUT2D eigenvalue weighted by Gasteiger charge is 2.32. The minimum Gasteiger partial charge on any atom is -0.368 e. The number of amides is 1. The minimum atomic E-state index is -0.204. The zero-order valence-corrected chi connectivity index (χ0v) is 11.6. The summed E-state index contributed by atoms with van der Waals surface area (Å²) in [4.78, 5) is 14.3. The van der Waals surface area contributed by atoms with E-state index in [2.05, 4.69) is 40.7 Å². The molecular weight excluding hydrogens is 238 g/mol. The van der Waals surface area contributed by atoms with Gasteiger partial charge in [0.2, 0.25) is 5.91 Å². The molecule has 0 bridgehead atoms. The van der Waals surface area contributed by atoms with Gasteiger partial charge >= 0.3 is 0 Å². The lowest BCUT2D eigenvalue weighted by Gasteiger charge is -2.24. The van der Waals surface area contributed by atoms with E-state index in [1.807, 2.05) is 7.05 Å². The Bertz CT molecular complexity index is 496. The van der Waals surface area contributed by atoms with Crippen molar-refractivity contribution in [2.75, 3.05) is 23.8 Å². The molecule has 1 aromatic carbocycles. The number of nitrogens with zero attached hydrogens (tertiary/aromatic N) is 1. The van der Waals surface area contributed by atoms with E-state index in [4.69, 9.17) is 0 Å². The molecule has 0 spiro atoms. The molecule has 1 unspecified atom stereocenters. The van der Waals surface area contributed by atoms with Crippen LogP contribution in [0, 0.1) is 0 Å². The van der Waals surface area contributed by atoms with Crippen LogP contribution in [0.3, 0.4) is 0 Å². The average molecular weight is 259 g/mol. The lowest BCUT2D eigenvalue weighted by molar-refractivity contribution is -0.117. The van der Waals surface area contributed by atoms with Gasteiger partial charge in [-0.25, -0.2) is 0 Å². The summed E-state index contributed by atoms with van der Waals surface area (Å²) in [6.45, 7) is 3.30. The Kier molecular flexibility index (Phi) is 3.19. The maximum absolute atomic E-state index is 11.8. The fourth-order valence-electron chi connectivity index (χ4n) is 2.87. The third kappa shape index (κ3) is 2.21. The van der Waals surface area contributed by atoms with E-state index in [1.165, 1.54) is 18.5 Å². The van der Waals surface area contributed by atoms with Crippen molar-refractivity contribution in [3.63, 3.8) is 0 Å². The second-order valence-electron chi connectivity index (χ2n) is 5.41. The van der Waals surface area contributed by atoms with Crippen molar-refractivity contribution >= 4 is 17.3 Å². The highest BCUT2D eigenvalue weighted by molar-refractivity contribution is 6.03. The zero-order chi connectivity index (χ0) is 13.4.